The van der Waals surface area contributed by atoms with E-state index in [0.29, 0.717) is 13.1 Å². The van der Waals surface area contributed by atoms with E-state index in [2.05, 4.69) is 11.4 Å². The Morgan fingerprint density at radius 3 is 3.12 bits per heavy atom. The van der Waals surface area contributed by atoms with Gasteiger partial charge in [0.05, 0.1) is 6.54 Å². The molecule has 0 saturated carbocycles. The number of hydrogen-bond donors (Lipinski definition) is 2. The van der Waals surface area contributed by atoms with Crippen molar-refractivity contribution in [2.45, 2.75) is 32.7 Å². The lowest BCUT2D eigenvalue weighted by atomic mass is 10.2. The van der Waals surface area contributed by atoms with E-state index in [0.717, 1.165) is 0 Å². The van der Waals surface area contributed by atoms with Crippen LogP contribution in [0.4, 0.5) is 0 Å². The molecule has 1 amide bonds. The van der Waals surface area contributed by atoms with Crippen LogP contribution in [-0.2, 0) is 24.2 Å². The quantitative estimate of drug-likeness (QED) is 0.834. The lowest BCUT2D eigenvalue weighted by molar-refractivity contribution is -0.124. The SMILES string of the molecule is CC(CN)C(=O)NCc1cc2c(s1)CCC2. The predicted molar refractivity (Wildman–Crippen MR) is 66.4 cm³/mol. The summed E-state index contributed by atoms with van der Waals surface area (Å²) in [5.41, 5.74) is 6.93. The number of aryl methyl sites for hydroxylation is 2. The predicted octanol–water partition coefficient (Wildman–Crippen LogP) is 1.45. The fourth-order valence-electron chi connectivity index (χ4n) is 1.93. The molecule has 2 rings (SSSR count). The van der Waals surface area contributed by atoms with E-state index in [4.69, 9.17) is 5.73 Å². The van der Waals surface area contributed by atoms with E-state index in [1.807, 2.05) is 18.3 Å². The molecule has 1 aromatic rings. The molecule has 0 aliphatic heterocycles. The summed E-state index contributed by atoms with van der Waals surface area (Å²) < 4.78 is 0. The van der Waals surface area contributed by atoms with Crippen LogP contribution in [0.2, 0.25) is 0 Å². The van der Waals surface area contributed by atoms with Crippen molar-refractivity contribution in [3.8, 4) is 0 Å². The second-order valence-electron chi connectivity index (χ2n) is 4.37. The molecule has 4 heteroatoms. The Morgan fingerprint density at radius 1 is 1.62 bits per heavy atom. The summed E-state index contributed by atoms with van der Waals surface area (Å²) in [6.07, 6.45) is 3.71. The van der Waals surface area contributed by atoms with Gasteiger partial charge in [-0.1, -0.05) is 6.92 Å². The second-order valence-corrected chi connectivity index (χ2v) is 5.59. The molecule has 88 valence electrons. The zero-order chi connectivity index (χ0) is 11.5. The van der Waals surface area contributed by atoms with Crippen molar-refractivity contribution in [2.24, 2.45) is 11.7 Å². The van der Waals surface area contributed by atoms with E-state index >= 15 is 0 Å². The van der Waals surface area contributed by atoms with Crippen LogP contribution in [0.5, 0.6) is 0 Å². The van der Waals surface area contributed by atoms with Gasteiger partial charge in [-0.25, -0.2) is 0 Å². The van der Waals surface area contributed by atoms with Gasteiger partial charge in [0.15, 0.2) is 0 Å². The lowest BCUT2D eigenvalue weighted by Crippen LogP contribution is -2.32. The lowest BCUT2D eigenvalue weighted by Gasteiger charge is -2.08. The third-order valence-electron chi connectivity index (χ3n) is 3.04. The van der Waals surface area contributed by atoms with Crippen molar-refractivity contribution < 1.29 is 4.79 Å². The minimum atomic E-state index is -0.0909. The van der Waals surface area contributed by atoms with Crippen LogP contribution in [0, 0.1) is 5.92 Å². The van der Waals surface area contributed by atoms with Gasteiger partial charge in [-0.2, -0.15) is 0 Å². The summed E-state index contributed by atoms with van der Waals surface area (Å²) in [6.45, 7) is 2.91. The summed E-state index contributed by atoms with van der Waals surface area (Å²) >= 11 is 1.84. The number of nitrogens with one attached hydrogen (secondary N) is 1. The highest BCUT2D eigenvalue weighted by Gasteiger charge is 2.15. The van der Waals surface area contributed by atoms with Gasteiger partial charge in [-0.05, 0) is 30.9 Å². The van der Waals surface area contributed by atoms with E-state index in [1.165, 1.54) is 34.6 Å². The Bertz CT molecular complexity index is 365. The summed E-state index contributed by atoms with van der Waals surface area (Å²) in [6, 6.07) is 2.24. The zero-order valence-electron chi connectivity index (χ0n) is 9.58. The second kappa shape index (κ2) is 4.97. The summed E-state index contributed by atoms with van der Waals surface area (Å²) in [7, 11) is 0. The number of carbonyl (C=O) groups is 1. The number of rotatable bonds is 4. The van der Waals surface area contributed by atoms with Gasteiger partial charge in [0, 0.05) is 22.2 Å². The maximum Gasteiger partial charge on any atom is 0.224 e. The van der Waals surface area contributed by atoms with E-state index in [1.54, 1.807) is 0 Å². The third-order valence-corrected chi connectivity index (χ3v) is 4.27. The fourth-order valence-corrected chi connectivity index (χ4v) is 3.13. The Balaban J connectivity index is 1.88. The van der Waals surface area contributed by atoms with Crippen molar-refractivity contribution in [3.05, 3.63) is 21.4 Å². The van der Waals surface area contributed by atoms with Gasteiger partial charge < -0.3 is 11.1 Å². The average Bonchev–Trinajstić information content (AvgIpc) is 2.84. The van der Waals surface area contributed by atoms with E-state index < -0.39 is 0 Å². The van der Waals surface area contributed by atoms with Crippen molar-refractivity contribution in [3.63, 3.8) is 0 Å². The first-order valence-electron chi connectivity index (χ1n) is 5.79. The summed E-state index contributed by atoms with van der Waals surface area (Å²) in [5.74, 6) is -0.0390. The Hall–Kier alpha value is -0.870. The van der Waals surface area contributed by atoms with Crippen LogP contribution < -0.4 is 11.1 Å². The van der Waals surface area contributed by atoms with Gasteiger partial charge in [-0.3, -0.25) is 4.79 Å². The molecule has 0 spiro atoms. The molecule has 1 aromatic heterocycles. The number of fused-ring (bicyclic) bond motifs is 1. The first-order valence-corrected chi connectivity index (χ1v) is 6.60. The molecule has 0 saturated heterocycles. The number of hydrogen-bond acceptors (Lipinski definition) is 3. The van der Waals surface area contributed by atoms with Crippen LogP contribution in [0.3, 0.4) is 0 Å². The maximum atomic E-state index is 11.5. The van der Waals surface area contributed by atoms with Gasteiger partial charge in [0.2, 0.25) is 5.91 Å². The Morgan fingerprint density at radius 2 is 2.44 bits per heavy atom. The molecule has 1 aliphatic carbocycles. The highest BCUT2D eigenvalue weighted by molar-refractivity contribution is 7.12. The van der Waals surface area contributed by atoms with E-state index in [-0.39, 0.29) is 11.8 Å². The smallest absolute Gasteiger partial charge is 0.224 e. The first kappa shape index (κ1) is 11.6. The van der Waals surface area contributed by atoms with Gasteiger partial charge in [0.1, 0.15) is 0 Å². The molecule has 3 nitrogen and oxygen atoms in total. The van der Waals surface area contributed by atoms with Gasteiger partial charge in [-0.15, -0.1) is 11.3 Å². The zero-order valence-corrected chi connectivity index (χ0v) is 10.4. The first-order chi connectivity index (χ1) is 7.70. The minimum Gasteiger partial charge on any atom is -0.351 e. The topological polar surface area (TPSA) is 55.1 Å². The molecule has 3 N–H and O–H groups in total. The van der Waals surface area contributed by atoms with Crippen LogP contribution in [0.1, 0.15) is 28.7 Å². The normalized spacial score (nSPS) is 15.9. The number of carbonyl (C=O) groups excluding carboxylic acids is 1. The maximum absolute atomic E-state index is 11.5. The summed E-state index contributed by atoms with van der Waals surface area (Å²) in [4.78, 5) is 14.3. The third kappa shape index (κ3) is 2.44. The van der Waals surface area contributed by atoms with Crippen molar-refractivity contribution in [1.82, 2.24) is 5.32 Å². The molecule has 1 heterocycles. The number of nitrogens with two attached hydrogens (primary N) is 1. The molecule has 1 unspecified atom stereocenters. The van der Waals surface area contributed by atoms with Crippen molar-refractivity contribution >= 4 is 17.2 Å². The number of amides is 1. The Kier molecular flexibility index (Phi) is 3.61. The fraction of sp³-hybridized carbons (Fsp3) is 0.583. The Labute approximate surface area is 100 Å². The van der Waals surface area contributed by atoms with Crippen LogP contribution >= 0.6 is 11.3 Å². The largest absolute Gasteiger partial charge is 0.351 e. The van der Waals surface area contributed by atoms with Crippen molar-refractivity contribution in [2.75, 3.05) is 6.54 Å². The molecule has 0 aromatic carbocycles. The van der Waals surface area contributed by atoms with Gasteiger partial charge >= 0.3 is 0 Å². The standard InChI is InChI=1S/C12H18N2OS/c1-8(6-13)12(15)14-7-10-5-9-3-2-4-11(9)16-10/h5,8H,2-4,6-7,13H2,1H3,(H,14,15). The van der Waals surface area contributed by atoms with E-state index in [9.17, 15) is 4.79 Å². The monoisotopic (exact) mass is 238 g/mol. The average molecular weight is 238 g/mol. The molecular weight excluding hydrogens is 220 g/mol. The molecule has 0 radical (unpaired) electrons. The molecule has 0 bridgehead atoms. The highest BCUT2D eigenvalue weighted by Crippen LogP contribution is 2.30. The molecule has 16 heavy (non-hydrogen) atoms. The highest BCUT2D eigenvalue weighted by atomic mass is 32.1. The molecule has 1 aliphatic rings. The number of thiophene rings is 1. The van der Waals surface area contributed by atoms with Crippen molar-refractivity contribution in [1.29, 1.82) is 0 Å². The molecular formula is C12H18N2OS. The minimum absolute atomic E-state index is 0.0519. The van der Waals surface area contributed by atoms with Crippen LogP contribution in [-0.4, -0.2) is 12.5 Å². The summed E-state index contributed by atoms with van der Waals surface area (Å²) in [5, 5.41) is 2.93. The van der Waals surface area contributed by atoms with Crippen LogP contribution in [0.25, 0.3) is 0 Å². The van der Waals surface area contributed by atoms with Crippen LogP contribution in [0.15, 0.2) is 6.07 Å². The molecule has 0 fully saturated rings. The molecule has 1 atom stereocenters. The van der Waals surface area contributed by atoms with Gasteiger partial charge in [0.25, 0.3) is 0 Å².